The van der Waals surface area contributed by atoms with Gasteiger partial charge in [-0.1, -0.05) is 16.2 Å². The lowest BCUT2D eigenvalue weighted by Crippen LogP contribution is -2.53. The largest absolute Gasteiger partial charge is 0.444 e. The third kappa shape index (κ3) is 4.50. The highest BCUT2D eigenvalue weighted by Crippen LogP contribution is 2.52. The van der Waals surface area contributed by atoms with Crippen LogP contribution in [0, 0.1) is 5.41 Å². The standard InChI is InChI=1S/C22H37N3O3S/c1-20(2,3)28-19(26)25-13-10-22(11-14-25)15-17-16(9-8-12-23-17)18(22)24-29(7,27)21(4,5)6/h8-9,12,18,29H,10-11,13-15H2,1-7H3,(H,24,27)/t18-/m1/s1. The number of nitrogens with zero attached hydrogens (tertiary/aromatic N) is 2. The normalized spacial score (nSPS) is 22.4. The van der Waals surface area contributed by atoms with E-state index in [9.17, 15) is 9.00 Å². The van der Waals surface area contributed by atoms with E-state index in [4.69, 9.17) is 4.74 Å². The van der Waals surface area contributed by atoms with Crippen LogP contribution in [0.1, 0.15) is 71.7 Å². The molecule has 3 rings (SSSR count). The van der Waals surface area contributed by atoms with Gasteiger partial charge in [-0.2, -0.15) is 0 Å². The average Bonchev–Trinajstić information content (AvgIpc) is 2.86. The van der Waals surface area contributed by atoms with E-state index >= 15 is 0 Å². The molecule has 1 aromatic rings. The molecule has 164 valence electrons. The predicted octanol–water partition coefficient (Wildman–Crippen LogP) is 3.65. The summed E-state index contributed by atoms with van der Waals surface area (Å²) < 4.78 is 22.3. The Balaban J connectivity index is 1.83. The minimum atomic E-state index is -2.62. The summed E-state index contributed by atoms with van der Waals surface area (Å²) in [5.41, 5.74) is 1.67. The Morgan fingerprint density at radius 3 is 2.41 bits per heavy atom. The van der Waals surface area contributed by atoms with Gasteiger partial charge in [0, 0.05) is 36.0 Å². The molecule has 0 aromatic carbocycles. The second kappa shape index (κ2) is 7.34. The summed E-state index contributed by atoms with van der Waals surface area (Å²) in [4.78, 5) is 18.9. The van der Waals surface area contributed by atoms with E-state index in [0.717, 1.165) is 30.5 Å². The third-order valence-electron chi connectivity index (χ3n) is 6.43. The van der Waals surface area contributed by atoms with E-state index in [0.29, 0.717) is 13.1 Å². The van der Waals surface area contributed by atoms with Gasteiger partial charge < -0.3 is 9.64 Å². The molecule has 1 N–H and O–H groups in total. The molecule has 0 radical (unpaired) electrons. The fraction of sp³-hybridized carbons (Fsp3) is 0.727. The third-order valence-corrected chi connectivity index (χ3v) is 9.75. The maximum Gasteiger partial charge on any atom is 0.410 e. The molecular formula is C22H37N3O3S. The Bertz CT molecular complexity index is 817. The fourth-order valence-corrected chi connectivity index (χ4v) is 5.49. The van der Waals surface area contributed by atoms with E-state index in [2.05, 4.69) is 15.8 Å². The predicted molar refractivity (Wildman–Crippen MR) is 119 cm³/mol. The van der Waals surface area contributed by atoms with Gasteiger partial charge in [0.05, 0.1) is 6.04 Å². The number of likely N-dealkylation sites (tertiary alicyclic amines) is 1. The number of hydrogen-bond donors (Lipinski definition) is 2. The van der Waals surface area contributed by atoms with Crippen molar-refractivity contribution in [2.75, 3.05) is 19.3 Å². The van der Waals surface area contributed by atoms with Crippen LogP contribution in [0.3, 0.4) is 0 Å². The monoisotopic (exact) mass is 423 g/mol. The molecule has 7 heteroatoms. The van der Waals surface area contributed by atoms with Gasteiger partial charge in [-0.05, 0) is 77.8 Å². The zero-order valence-corrected chi connectivity index (χ0v) is 19.8. The Morgan fingerprint density at radius 1 is 1.24 bits per heavy atom. The van der Waals surface area contributed by atoms with Crippen LogP contribution in [-0.4, -0.2) is 49.9 Å². The molecule has 6 nitrogen and oxygen atoms in total. The number of nitrogens with one attached hydrogen (secondary N) is 1. The van der Waals surface area contributed by atoms with Crippen LogP contribution in [0.2, 0.25) is 0 Å². The van der Waals surface area contributed by atoms with Crippen LogP contribution in [0.25, 0.3) is 0 Å². The van der Waals surface area contributed by atoms with E-state index in [1.165, 1.54) is 0 Å². The summed E-state index contributed by atoms with van der Waals surface area (Å²) in [6.07, 6.45) is 5.97. The first-order valence-corrected chi connectivity index (χ1v) is 12.7. The zero-order valence-electron chi connectivity index (χ0n) is 18.9. The zero-order chi connectivity index (χ0) is 21.7. The van der Waals surface area contributed by atoms with Crippen molar-refractivity contribution < 1.29 is 13.7 Å². The van der Waals surface area contributed by atoms with Crippen LogP contribution in [0.15, 0.2) is 18.3 Å². The molecule has 0 saturated carbocycles. The fourth-order valence-electron chi connectivity index (χ4n) is 4.20. The van der Waals surface area contributed by atoms with Crippen molar-refractivity contribution in [3.05, 3.63) is 29.6 Å². The number of thiol groups is 1. The quantitative estimate of drug-likeness (QED) is 0.713. The first kappa shape index (κ1) is 22.2. The molecule has 1 atom stereocenters. The van der Waals surface area contributed by atoms with Crippen LogP contribution >= 0.6 is 0 Å². The van der Waals surface area contributed by atoms with Crippen molar-refractivity contribution >= 4 is 16.2 Å². The lowest BCUT2D eigenvalue weighted by atomic mass is 9.73. The molecule has 29 heavy (non-hydrogen) atoms. The van der Waals surface area contributed by atoms with Crippen LogP contribution in [0.5, 0.6) is 0 Å². The van der Waals surface area contributed by atoms with Gasteiger partial charge in [-0.25, -0.2) is 4.79 Å². The minimum Gasteiger partial charge on any atom is -0.444 e. The Morgan fingerprint density at radius 2 is 1.86 bits per heavy atom. The number of carbonyl (C=O) groups excluding carboxylic acids is 1. The van der Waals surface area contributed by atoms with Gasteiger partial charge in [0.25, 0.3) is 0 Å². The number of fused-ring (bicyclic) bond motifs is 1. The molecule has 1 aliphatic carbocycles. The van der Waals surface area contributed by atoms with Crippen molar-refractivity contribution in [2.45, 2.75) is 77.2 Å². The summed E-state index contributed by atoms with van der Waals surface area (Å²) in [6.45, 7) is 13.0. The second-order valence-corrected chi connectivity index (χ2v) is 14.2. The maximum absolute atomic E-state index is 13.5. The van der Waals surface area contributed by atoms with Crippen molar-refractivity contribution in [3.63, 3.8) is 0 Å². The Hall–Kier alpha value is -1.47. The van der Waals surface area contributed by atoms with Crippen LogP contribution < -0.4 is 4.72 Å². The van der Waals surface area contributed by atoms with Gasteiger partial charge in [0.15, 0.2) is 0 Å². The van der Waals surface area contributed by atoms with E-state index < -0.39 is 15.7 Å². The highest BCUT2D eigenvalue weighted by molar-refractivity contribution is 8.01. The number of amides is 1. The molecule has 1 fully saturated rings. The first-order valence-electron chi connectivity index (χ1n) is 10.5. The highest BCUT2D eigenvalue weighted by atomic mass is 32.3. The first-order chi connectivity index (χ1) is 13.2. The summed E-state index contributed by atoms with van der Waals surface area (Å²) in [5.74, 6) is 0. The molecule has 1 saturated heterocycles. The van der Waals surface area contributed by atoms with Crippen LogP contribution in [0.4, 0.5) is 4.79 Å². The topological polar surface area (TPSA) is 71.5 Å². The van der Waals surface area contributed by atoms with Crippen molar-refractivity contribution in [2.24, 2.45) is 5.41 Å². The number of aromatic nitrogens is 1. The van der Waals surface area contributed by atoms with E-state index in [1.54, 1.807) is 4.90 Å². The summed E-state index contributed by atoms with van der Waals surface area (Å²) in [7, 11) is -2.62. The number of carbonyl (C=O) groups is 1. The molecular weight excluding hydrogens is 386 g/mol. The molecule has 2 aliphatic rings. The Kier molecular flexibility index (Phi) is 5.63. The number of ether oxygens (including phenoxy) is 1. The van der Waals surface area contributed by atoms with Crippen molar-refractivity contribution in [3.8, 4) is 0 Å². The smallest absolute Gasteiger partial charge is 0.410 e. The minimum absolute atomic E-state index is 0.0120. The SMILES string of the molecule is CC(C)(C)OC(=O)N1CCC2(CC1)Cc1ncccc1[C@H]2N[SH](C)(=O)C(C)(C)C. The molecule has 0 bridgehead atoms. The van der Waals surface area contributed by atoms with Crippen molar-refractivity contribution in [1.82, 2.24) is 14.6 Å². The van der Waals surface area contributed by atoms with Gasteiger partial charge in [-0.3, -0.25) is 13.9 Å². The highest BCUT2D eigenvalue weighted by Gasteiger charge is 2.50. The summed E-state index contributed by atoms with van der Waals surface area (Å²) in [6, 6.07) is 4.06. The molecule has 0 unspecified atom stereocenters. The molecule has 1 aliphatic heterocycles. The van der Waals surface area contributed by atoms with Gasteiger partial charge in [0.2, 0.25) is 0 Å². The number of piperidine rings is 1. The summed E-state index contributed by atoms with van der Waals surface area (Å²) >= 11 is 0. The number of hydrogen-bond acceptors (Lipinski definition) is 4. The Labute approximate surface area is 176 Å². The van der Waals surface area contributed by atoms with Crippen molar-refractivity contribution in [1.29, 1.82) is 0 Å². The summed E-state index contributed by atoms with van der Waals surface area (Å²) in [5, 5.41) is 0. The lowest BCUT2D eigenvalue weighted by Gasteiger charge is -2.46. The lowest BCUT2D eigenvalue weighted by molar-refractivity contribution is 0.00714. The van der Waals surface area contributed by atoms with E-state index in [1.807, 2.05) is 60.1 Å². The number of rotatable bonds is 2. The number of pyridine rings is 1. The van der Waals surface area contributed by atoms with Gasteiger partial charge >= 0.3 is 6.09 Å². The van der Waals surface area contributed by atoms with Gasteiger partial charge in [0.1, 0.15) is 5.60 Å². The molecule has 1 aromatic heterocycles. The molecule has 2 heterocycles. The van der Waals surface area contributed by atoms with E-state index in [-0.39, 0.29) is 22.3 Å². The molecule has 1 amide bonds. The second-order valence-electron chi connectivity index (χ2n) is 10.7. The van der Waals surface area contributed by atoms with Gasteiger partial charge in [-0.15, -0.1) is 0 Å². The maximum atomic E-state index is 13.5. The average molecular weight is 424 g/mol. The van der Waals surface area contributed by atoms with Crippen LogP contribution in [-0.2, 0) is 21.3 Å². The molecule has 1 spiro atoms.